The molecule has 4 nitrogen and oxygen atoms in total. The number of terminal acetylenes is 1. The van der Waals surface area contributed by atoms with E-state index in [1.54, 1.807) is 0 Å². The Morgan fingerprint density at radius 2 is 2.29 bits per heavy atom. The molecule has 0 fully saturated rings. The number of carbonyl (C=O) groups is 2. The lowest BCUT2D eigenvalue weighted by Crippen LogP contribution is -1.98. The number of allylic oxidation sites excluding steroid dienone is 2. The minimum absolute atomic E-state index is 0.0691. The average molecular weight is 194 g/mol. The third-order valence-electron chi connectivity index (χ3n) is 0.967. The van der Waals surface area contributed by atoms with Gasteiger partial charge >= 0.3 is 5.97 Å². The van der Waals surface area contributed by atoms with Crippen molar-refractivity contribution in [2.24, 2.45) is 0 Å². The Kier molecular flexibility index (Phi) is 6.52. The first-order valence-corrected chi connectivity index (χ1v) is 3.76. The molecule has 14 heavy (non-hydrogen) atoms. The SMILES string of the molecule is C#CCOC=C(C=CC=O)OC(C)=O. The summed E-state index contributed by atoms with van der Waals surface area (Å²) in [6.45, 7) is 1.31. The molecular weight excluding hydrogens is 184 g/mol. The highest BCUT2D eigenvalue weighted by molar-refractivity contribution is 5.69. The summed E-state index contributed by atoms with van der Waals surface area (Å²) < 4.78 is 9.48. The monoisotopic (exact) mass is 194 g/mol. The molecule has 0 spiro atoms. The molecule has 0 aliphatic carbocycles. The second-order valence-corrected chi connectivity index (χ2v) is 2.12. The summed E-state index contributed by atoms with van der Waals surface area (Å²) in [6, 6.07) is 0. The number of rotatable bonds is 5. The van der Waals surface area contributed by atoms with Crippen LogP contribution in [0.25, 0.3) is 0 Å². The molecule has 0 unspecified atom stereocenters. The number of hydrogen-bond acceptors (Lipinski definition) is 4. The second kappa shape index (κ2) is 7.62. The van der Waals surface area contributed by atoms with Crippen molar-refractivity contribution in [3.05, 3.63) is 24.2 Å². The molecule has 4 heteroatoms. The zero-order valence-corrected chi connectivity index (χ0v) is 7.73. The molecule has 0 N–H and O–H groups in total. The highest BCUT2D eigenvalue weighted by Crippen LogP contribution is 2.00. The number of aldehydes is 1. The summed E-state index contributed by atoms with van der Waals surface area (Å²) in [5, 5.41) is 0. The third-order valence-corrected chi connectivity index (χ3v) is 0.967. The van der Waals surface area contributed by atoms with Gasteiger partial charge in [0.2, 0.25) is 0 Å². The van der Waals surface area contributed by atoms with Gasteiger partial charge in [0.25, 0.3) is 0 Å². The summed E-state index contributed by atoms with van der Waals surface area (Å²) in [7, 11) is 0. The number of carbonyl (C=O) groups excluding carboxylic acids is 2. The van der Waals surface area contributed by atoms with E-state index in [4.69, 9.17) is 11.2 Å². The van der Waals surface area contributed by atoms with E-state index in [1.807, 2.05) is 0 Å². The van der Waals surface area contributed by atoms with Crippen molar-refractivity contribution >= 4 is 12.3 Å². The van der Waals surface area contributed by atoms with E-state index in [1.165, 1.54) is 25.3 Å². The Morgan fingerprint density at radius 3 is 2.79 bits per heavy atom. The summed E-state index contributed by atoms with van der Waals surface area (Å²) in [4.78, 5) is 20.6. The molecule has 0 aromatic heterocycles. The maximum Gasteiger partial charge on any atom is 0.308 e. The van der Waals surface area contributed by atoms with E-state index < -0.39 is 5.97 Å². The van der Waals surface area contributed by atoms with E-state index in [0.717, 1.165) is 0 Å². The van der Waals surface area contributed by atoms with Crippen LogP contribution >= 0.6 is 0 Å². The van der Waals surface area contributed by atoms with Crippen LogP contribution in [0.15, 0.2) is 24.2 Å². The molecule has 0 aliphatic rings. The van der Waals surface area contributed by atoms with Crippen molar-refractivity contribution in [2.75, 3.05) is 6.61 Å². The largest absolute Gasteiger partial charge is 0.485 e. The lowest BCUT2D eigenvalue weighted by Gasteiger charge is -2.01. The van der Waals surface area contributed by atoms with Crippen LogP contribution in [0.3, 0.4) is 0 Å². The van der Waals surface area contributed by atoms with Gasteiger partial charge in [0.05, 0.1) is 0 Å². The normalized spacial score (nSPS) is 10.7. The Morgan fingerprint density at radius 1 is 1.57 bits per heavy atom. The van der Waals surface area contributed by atoms with E-state index in [0.29, 0.717) is 6.29 Å². The fourth-order valence-electron chi connectivity index (χ4n) is 0.569. The average Bonchev–Trinajstić information content (AvgIpc) is 2.13. The topological polar surface area (TPSA) is 52.6 Å². The van der Waals surface area contributed by atoms with Gasteiger partial charge in [-0.3, -0.25) is 9.59 Å². The predicted molar refractivity (Wildman–Crippen MR) is 49.8 cm³/mol. The van der Waals surface area contributed by atoms with Gasteiger partial charge in [0.15, 0.2) is 5.76 Å². The lowest BCUT2D eigenvalue weighted by molar-refractivity contribution is -0.136. The summed E-state index contributed by atoms with van der Waals surface area (Å²) in [5.74, 6) is 1.85. The fraction of sp³-hybridized carbons (Fsp3) is 0.200. The van der Waals surface area contributed by atoms with Gasteiger partial charge in [-0.25, -0.2) is 0 Å². The molecule has 0 saturated carbocycles. The van der Waals surface area contributed by atoms with Crippen molar-refractivity contribution in [2.45, 2.75) is 6.92 Å². The van der Waals surface area contributed by atoms with Gasteiger partial charge in [-0.05, 0) is 12.2 Å². The van der Waals surface area contributed by atoms with E-state index >= 15 is 0 Å². The lowest BCUT2D eigenvalue weighted by atomic mass is 10.4. The fourth-order valence-corrected chi connectivity index (χ4v) is 0.569. The molecule has 0 heterocycles. The van der Waals surface area contributed by atoms with Crippen molar-refractivity contribution in [3.8, 4) is 12.3 Å². The van der Waals surface area contributed by atoms with E-state index in [2.05, 4.69) is 10.7 Å². The van der Waals surface area contributed by atoms with Gasteiger partial charge in [0.1, 0.15) is 19.2 Å². The van der Waals surface area contributed by atoms with Crippen LogP contribution in [-0.2, 0) is 19.1 Å². The van der Waals surface area contributed by atoms with Gasteiger partial charge in [-0.1, -0.05) is 5.92 Å². The van der Waals surface area contributed by atoms with Gasteiger partial charge < -0.3 is 9.47 Å². The van der Waals surface area contributed by atoms with E-state index in [-0.39, 0.29) is 12.4 Å². The first kappa shape index (κ1) is 12.0. The predicted octanol–water partition coefficient (Wildman–Crippen LogP) is 0.796. The Labute approximate surface area is 82.2 Å². The molecule has 0 radical (unpaired) electrons. The van der Waals surface area contributed by atoms with Crippen LogP contribution in [-0.4, -0.2) is 18.9 Å². The third kappa shape index (κ3) is 6.68. The molecule has 74 valence electrons. The standard InChI is InChI=1S/C10H10O4/c1-3-7-13-8-10(5-4-6-11)14-9(2)12/h1,4-6,8H,7H2,2H3. The van der Waals surface area contributed by atoms with E-state index in [9.17, 15) is 9.59 Å². The highest BCUT2D eigenvalue weighted by atomic mass is 16.5. The molecular formula is C10H10O4. The molecule has 0 bridgehead atoms. The van der Waals surface area contributed by atoms with Crippen molar-refractivity contribution in [1.29, 1.82) is 0 Å². The van der Waals surface area contributed by atoms with Crippen LogP contribution in [0.1, 0.15) is 6.92 Å². The van der Waals surface area contributed by atoms with Crippen LogP contribution in [0, 0.1) is 12.3 Å². The second-order valence-electron chi connectivity index (χ2n) is 2.12. The van der Waals surface area contributed by atoms with Gasteiger partial charge in [-0.15, -0.1) is 6.42 Å². The quantitative estimate of drug-likeness (QED) is 0.123. The number of hydrogen-bond donors (Lipinski definition) is 0. The van der Waals surface area contributed by atoms with Crippen LogP contribution in [0.4, 0.5) is 0 Å². The van der Waals surface area contributed by atoms with Crippen molar-refractivity contribution in [1.82, 2.24) is 0 Å². The van der Waals surface area contributed by atoms with Gasteiger partial charge in [0, 0.05) is 6.92 Å². The molecule has 0 saturated heterocycles. The van der Waals surface area contributed by atoms with Crippen LogP contribution in [0.5, 0.6) is 0 Å². The smallest absolute Gasteiger partial charge is 0.308 e. The zero-order valence-electron chi connectivity index (χ0n) is 7.73. The Hall–Kier alpha value is -2.02. The Bertz CT molecular complexity index is 294. The summed E-state index contributed by atoms with van der Waals surface area (Å²) in [5.41, 5.74) is 0. The molecule has 0 amide bonds. The van der Waals surface area contributed by atoms with Gasteiger partial charge in [-0.2, -0.15) is 0 Å². The zero-order chi connectivity index (χ0) is 10.8. The maximum atomic E-state index is 10.6. The number of esters is 1. The summed E-state index contributed by atoms with van der Waals surface area (Å²) >= 11 is 0. The molecule has 0 aromatic carbocycles. The highest BCUT2D eigenvalue weighted by Gasteiger charge is 1.97. The molecule has 0 atom stereocenters. The maximum absolute atomic E-state index is 10.6. The molecule has 0 aliphatic heterocycles. The minimum Gasteiger partial charge on any atom is -0.485 e. The molecule has 0 rings (SSSR count). The number of ether oxygens (including phenoxy) is 2. The van der Waals surface area contributed by atoms with Crippen molar-refractivity contribution in [3.63, 3.8) is 0 Å². The van der Waals surface area contributed by atoms with Crippen molar-refractivity contribution < 1.29 is 19.1 Å². The first-order chi connectivity index (χ1) is 6.70. The summed E-state index contributed by atoms with van der Waals surface area (Å²) in [6.07, 6.45) is 9.12. The van der Waals surface area contributed by atoms with Crippen LogP contribution < -0.4 is 0 Å². The molecule has 0 aromatic rings. The van der Waals surface area contributed by atoms with Crippen LogP contribution in [0.2, 0.25) is 0 Å². The Balaban J connectivity index is 4.30. The first-order valence-electron chi connectivity index (χ1n) is 3.76. The minimum atomic E-state index is -0.504.